The van der Waals surface area contributed by atoms with Crippen molar-refractivity contribution in [1.82, 2.24) is 19.4 Å². The van der Waals surface area contributed by atoms with Gasteiger partial charge in [0.1, 0.15) is 17.2 Å². The second-order valence-corrected chi connectivity index (χ2v) is 19.6. The third-order valence-corrected chi connectivity index (χ3v) is 12.6. The Balaban J connectivity index is 1.41. The topological polar surface area (TPSA) is 203 Å². The van der Waals surface area contributed by atoms with Gasteiger partial charge in [-0.2, -0.15) is 5.26 Å². The average Bonchev–Trinajstić information content (AvgIpc) is 3.93. The number of anilines is 3. The Labute approximate surface area is 344 Å². The fourth-order valence-corrected chi connectivity index (χ4v) is 9.84. The van der Waals surface area contributed by atoms with E-state index in [0.717, 1.165) is 61.2 Å². The molecule has 0 saturated heterocycles. The lowest BCUT2D eigenvalue weighted by Crippen LogP contribution is -2.33. The van der Waals surface area contributed by atoms with Crippen LogP contribution in [0, 0.1) is 24.1 Å². The lowest BCUT2D eigenvalue weighted by Gasteiger charge is -2.31. The molecule has 0 unspecified atom stereocenters. The Morgan fingerprint density at radius 2 is 1.53 bits per heavy atom. The smallest absolute Gasteiger partial charge is 0.284 e. The second-order valence-electron chi connectivity index (χ2n) is 13.9. The largest absolute Gasteiger partial charge is 0.394 e. The molecule has 3 aromatic carbocycles. The normalized spacial score (nSPS) is 13.8. The fourth-order valence-electron chi connectivity index (χ4n) is 6.85. The van der Waals surface area contributed by atoms with Crippen LogP contribution in [0.2, 0.25) is 0 Å². The minimum absolute atomic E-state index is 0.0370. The molecule has 1 aliphatic carbocycles. The number of amides is 2. The zero-order valence-electron chi connectivity index (χ0n) is 31.7. The molecule has 304 valence electrons. The summed E-state index contributed by atoms with van der Waals surface area (Å²) in [7, 11) is -7.87. The maximum atomic E-state index is 15.8. The number of carbonyl (C=O) groups is 2. The summed E-state index contributed by atoms with van der Waals surface area (Å²) in [6, 6.07) is 21.6. The third-order valence-electron chi connectivity index (χ3n) is 9.39. The van der Waals surface area contributed by atoms with Gasteiger partial charge in [0.05, 0.1) is 42.5 Å². The lowest BCUT2D eigenvalue weighted by molar-refractivity contribution is 0.0968. The predicted octanol–water partition coefficient (Wildman–Crippen LogP) is 5.71. The number of hydrogen-bond donors (Lipinski definition) is 3. The van der Waals surface area contributed by atoms with Crippen LogP contribution in [-0.2, 0) is 33.0 Å². The number of carbonyl (C=O) groups excluding carboxylic acids is 2. The maximum Gasteiger partial charge on any atom is 0.284 e. The number of thiazole rings is 2. The first-order valence-corrected chi connectivity index (χ1v) is 23.5. The van der Waals surface area contributed by atoms with Crippen LogP contribution < -0.4 is 19.2 Å². The van der Waals surface area contributed by atoms with Gasteiger partial charge in [-0.3, -0.25) is 9.59 Å². The van der Waals surface area contributed by atoms with Crippen molar-refractivity contribution in [3.05, 3.63) is 122 Å². The van der Waals surface area contributed by atoms with Crippen LogP contribution in [0.1, 0.15) is 84.7 Å². The molecule has 0 bridgehead atoms. The Hall–Kier alpha value is -5.26. The molecule has 6 rings (SSSR count). The van der Waals surface area contributed by atoms with E-state index in [1.807, 2.05) is 41.1 Å². The molecule has 0 aliphatic heterocycles. The summed E-state index contributed by atoms with van der Waals surface area (Å²) in [5.74, 6) is -2.67. The van der Waals surface area contributed by atoms with Gasteiger partial charge in [0.2, 0.25) is 20.0 Å². The van der Waals surface area contributed by atoms with E-state index in [4.69, 9.17) is 4.98 Å². The predicted molar refractivity (Wildman–Crippen MR) is 221 cm³/mol. The number of nitriles is 1. The van der Waals surface area contributed by atoms with E-state index < -0.39 is 50.3 Å². The molecule has 1 fully saturated rings. The van der Waals surface area contributed by atoms with Gasteiger partial charge in [-0.05, 0) is 54.7 Å². The van der Waals surface area contributed by atoms with Gasteiger partial charge < -0.3 is 14.9 Å². The van der Waals surface area contributed by atoms with Crippen LogP contribution in [0.3, 0.4) is 0 Å². The lowest BCUT2D eigenvalue weighted by atomic mass is 10.00. The van der Waals surface area contributed by atoms with E-state index in [-0.39, 0.29) is 40.2 Å². The minimum Gasteiger partial charge on any atom is -0.394 e. The molecular formula is C39H40FN7O7S4. The van der Waals surface area contributed by atoms with E-state index in [1.165, 1.54) is 28.4 Å². The van der Waals surface area contributed by atoms with Crippen molar-refractivity contribution < 1.29 is 35.9 Å². The summed E-state index contributed by atoms with van der Waals surface area (Å²) in [5, 5.41) is 21.0. The molecule has 14 nitrogen and oxygen atoms in total. The Morgan fingerprint density at radius 1 is 0.897 bits per heavy atom. The van der Waals surface area contributed by atoms with Crippen LogP contribution in [0.15, 0.2) is 72.8 Å². The minimum atomic E-state index is -3.94. The van der Waals surface area contributed by atoms with Crippen molar-refractivity contribution in [2.75, 3.05) is 28.9 Å². The van der Waals surface area contributed by atoms with Crippen molar-refractivity contribution >= 4 is 70.5 Å². The van der Waals surface area contributed by atoms with Crippen LogP contribution in [0.25, 0.3) is 0 Å². The summed E-state index contributed by atoms with van der Waals surface area (Å²) in [6.45, 7) is 1.50. The molecule has 2 aromatic heterocycles. The molecule has 58 heavy (non-hydrogen) atoms. The van der Waals surface area contributed by atoms with Gasteiger partial charge in [-0.1, -0.05) is 67.4 Å². The van der Waals surface area contributed by atoms with Gasteiger partial charge in [-0.25, -0.2) is 40.6 Å². The quantitative estimate of drug-likeness (QED) is 0.116. The molecule has 0 spiro atoms. The Morgan fingerprint density at radius 3 is 2.16 bits per heavy atom. The molecule has 0 radical (unpaired) electrons. The number of aromatic nitrogens is 2. The van der Waals surface area contributed by atoms with Crippen molar-refractivity contribution in [1.29, 1.82) is 5.26 Å². The van der Waals surface area contributed by atoms with E-state index in [1.54, 1.807) is 31.2 Å². The highest BCUT2D eigenvalue weighted by molar-refractivity contribution is 7.89. The van der Waals surface area contributed by atoms with Crippen LogP contribution in [0.4, 0.5) is 20.3 Å². The van der Waals surface area contributed by atoms with Crippen molar-refractivity contribution in [3.63, 3.8) is 0 Å². The molecule has 1 atom stereocenters. The van der Waals surface area contributed by atoms with Crippen molar-refractivity contribution in [2.24, 2.45) is 0 Å². The number of nitrogens with one attached hydrogen (secondary N) is 2. The molecule has 1 aliphatic rings. The number of halogens is 1. The summed E-state index contributed by atoms with van der Waals surface area (Å²) < 4.78 is 67.9. The Kier molecular flexibility index (Phi) is 12.9. The van der Waals surface area contributed by atoms with Gasteiger partial charge in [0, 0.05) is 28.8 Å². The standard InChI is InChI=1S/C39H40FN7O7S4/c1-24-34(36(49)44-57(2,51)52)42-39(55-24)47(31-17-16-27(21-41)19-30(31)40)32(23-48)28-13-9-12-26(18-28)20-33-35(37(50)45-58(3,53)54)43-38(56-33)46(29-14-7-8-15-29)22-25-10-5-4-6-11-25/h4-6,9-13,16-19,29,32,48H,7-8,14-15,20,22-23H2,1-3H3,(H,44,49)(H,45,50)/t32-/m0/s1. The van der Waals surface area contributed by atoms with E-state index in [2.05, 4.69) is 14.6 Å². The highest BCUT2D eigenvalue weighted by atomic mass is 32.2. The SMILES string of the molecule is Cc1sc(N(c2ccc(C#N)cc2F)[C@@H](CO)c2cccc(Cc3sc(N(Cc4ccccc4)C4CCCC4)nc3C(=O)NS(C)(=O)=O)c2)nc1C(=O)NS(C)(=O)=O. The van der Waals surface area contributed by atoms with Gasteiger partial charge >= 0.3 is 0 Å². The van der Waals surface area contributed by atoms with Crippen molar-refractivity contribution in [2.45, 2.75) is 57.7 Å². The number of benzene rings is 3. The number of aliphatic hydroxyl groups is 1. The van der Waals surface area contributed by atoms with E-state index >= 15 is 4.39 Å². The van der Waals surface area contributed by atoms with Gasteiger partial charge in [0.25, 0.3) is 11.8 Å². The van der Waals surface area contributed by atoms with Crippen LogP contribution in [-0.4, -0.2) is 68.9 Å². The molecule has 19 heteroatoms. The molecule has 5 aromatic rings. The highest BCUT2D eigenvalue weighted by Gasteiger charge is 2.32. The number of sulfonamides is 2. The summed E-state index contributed by atoms with van der Waals surface area (Å²) in [4.78, 5) is 40.0. The molecule has 2 amide bonds. The number of rotatable bonds is 15. The number of nitrogens with zero attached hydrogens (tertiary/aromatic N) is 5. The van der Waals surface area contributed by atoms with Crippen LogP contribution in [0.5, 0.6) is 0 Å². The third kappa shape index (κ3) is 10.2. The summed E-state index contributed by atoms with van der Waals surface area (Å²) in [5.41, 5.74) is 1.89. The van der Waals surface area contributed by atoms with Gasteiger partial charge in [-0.15, -0.1) is 22.7 Å². The molecule has 3 N–H and O–H groups in total. The fraction of sp³-hybridized carbons (Fsp3) is 0.308. The van der Waals surface area contributed by atoms with Crippen molar-refractivity contribution in [3.8, 4) is 6.07 Å². The number of aryl methyl sites for hydroxylation is 1. The number of hydrogen-bond acceptors (Lipinski definition) is 14. The van der Waals surface area contributed by atoms with E-state index in [0.29, 0.717) is 32.6 Å². The van der Waals surface area contributed by atoms with Crippen LogP contribution >= 0.6 is 22.7 Å². The van der Waals surface area contributed by atoms with Gasteiger partial charge in [0.15, 0.2) is 10.3 Å². The first-order valence-electron chi connectivity index (χ1n) is 18.0. The van der Waals surface area contributed by atoms with E-state index in [9.17, 15) is 36.8 Å². The zero-order valence-corrected chi connectivity index (χ0v) is 34.9. The zero-order chi connectivity index (χ0) is 41.8. The molecule has 2 heterocycles. The average molecular weight is 866 g/mol. The molecule has 1 saturated carbocycles. The second kappa shape index (κ2) is 17.7. The molecular weight excluding hydrogens is 826 g/mol. The monoisotopic (exact) mass is 865 g/mol. The summed E-state index contributed by atoms with van der Waals surface area (Å²) in [6.07, 6.45) is 5.83. The number of aliphatic hydroxyl groups excluding tert-OH is 1. The highest BCUT2D eigenvalue weighted by Crippen LogP contribution is 2.41. The summed E-state index contributed by atoms with van der Waals surface area (Å²) >= 11 is 2.27. The maximum absolute atomic E-state index is 15.8. The Bertz CT molecular complexity index is 2590. The first-order chi connectivity index (χ1) is 27.5. The first kappa shape index (κ1) is 42.3.